The van der Waals surface area contributed by atoms with E-state index in [0.717, 1.165) is 23.2 Å². The predicted octanol–water partition coefficient (Wildman–Crippen LogP) is 4.25. The summed E-state index contributed by atoms with van der Waals surface area (Å²) in [6, 6.07) is 19.3. The highest BCUT2D eigenvalue weighted by atomic mass is 32.1. The third-order valence-electron chi connectivity index (χ3n) is 4.28. The second kappa shape index (κ2) is 6.98. The molecular formula is C20H15N3O2S. The van der Waals surface area contributed by atoms with Gasteiger partial charge in [0, 0.05) is 10.9 Å². The molecule has 1 amide bonds. The molecule has 2 aromatic carbocycles. The highest BCUT2D eigenvalue weighted by Gasteiger charge is 2.36. The van der Waals surface area contributed by atoms with Crippen molar-refractivity contribution in [3.05, 3.63) is 71.1 Å². The Balaban J connectivity index is 1.58. The van der Waals surface area contributed by atoms with Crippen molar-refractivity contribution < 1.29 is 9.53 Å². The lowest BCUT2D eigenvalue weighted by molar-refractivity contribution is 0.178. The van der Waals surface area contributed by atoms with Crippen molar-refractivity contribution in [3.63, 3.8) is 0 Å². The Bertz CT molecular complexity index is 961. The van der Waals surface area contributed by atoms with Crippen molar-refractivity contribution in [1.82, 2.24) is 4.98 Å². The van der Waals surface area contributed by atoms with Crippen molar-refractivity contribution in [1.29, 1.82) is 5.26 Å². The first-order chi connectivity index (χ1) is 12.7. The molecule has 0 radical (unpaired) electrons. The second-order valence-corrected chi connectivity index (χ2v) is 6.83. The number of benzene rings is 2. The Labute approximate surface area is 155 Å². The number of carbonyl (C=O) groups excluding carboxylic acids is 1. The molecule has 1 aliphatic rings. The summed E-state index contributed by atoms with van der Waals surface area (Å²) in [5.41, 5.74) is 3.46. The summed E-state index contributed by atoms with van der Waals surface area (Å²) in [6.45, 7) is 0.361. The van der Waals surface area contributed by atoms with Crippen LogP contribution in [-0.4, -0.2) is 23.7 Å². The minimum atomic E-state index is -0.355. The van der Waals surface area contributed by atoms with E-state index in [1.807, 2.05) is 47.8 Å². The first kappa shape index (κ1) is 16.3. The van der Waals surface area contributed by atoms with E-state index in [1.54, 1.807) is 17.0 Å². The molecule has 1 aliphatic heterocycles. The van der Waals surface area contributed by atoms with Crippen LogP contribution < -0.4 is 4.90 Å². The van der Waals surface area contributed by atoms with Crippen LogP contribution in [-0.2, 0) is 11.2 Å². The maximum absolute atomic E-state index is 12.2. The summed E-state index contributed by atoms with van der Waals surface area (Å²) in [5.74, 6) is 0. The van der Waals surface area contributed by atoms with E-state index >= 15 is 0 Å². The molecule has 0 aliphatic carbocycles. The van der Waals surface area contributed by atoms with Gasteiger partial charge < -0.3 is 4.74 Å². The third kappa shape index (κ3) is 3.17. The summed E-state index contributed by atoms with van der Waals surface area (Å²) >= 11 is 1.42. The standard InChI is InChI=1S/C20H15N3O2S/c21-11-15-6-8-16(9-7-15)18-13-26-19(22-18)23-17(12-25-20(23)24)10-14-4-2-1-3-5-14/h1-9,13,17H,10,12H2/t17-/m1/s1. The van der Waals surface area contributed by atoms with Crippen LogP contribution >= 0.6 is 11.3 Å². The van der Waals surface area contributed by atoms with Crippen molar-refractivity contribution >= 4 is 22.6 Å². The fraction of sp³-hybridized carbons (Fsp3) is 0.150. The SMILES string of the molecule is N#Cc1ccc(-c2csc(N3C(=O)OC[C@H]3Cc3ccccc3)n2)cc1. The lowest BCUT2D eigenvalue weighted by Gasteiger charge is -2.18. The van der Waals surface area contributed by atoms with Gasteiger partial charge in [-0.25, -0.2) is 14.7 Å². The molecule has 0 N–H and O–H groups in total. The van der Waals surface area contributed by atoms with Gasteiger partial charge in [-0.15, -0.1) is 11.3 Å². The molecule has 2 heterocycles. The van der Waals surface area contributed by atoms with Gasteiger partial charge in [-0.1, -0.05) is 42.5 Å². The summed E-state index contributed by atoms with van der Waals surface area (Å²) in [4.78, 5) is 18.5. The lowest BCUT2D eigenvalue weighted by atomic mass is 10.1. The molecule has 3 aromatic rings. The summed E-state index contributed by atoms with van der Waals surface area (Å²) < 4.78 is 5.27. The summed E-state index contributed by atoms with van der Waals surface area (Å²) in [7, 11) is 0. The number of ether oxygens (including phenoxy) is 1. The number of carbonyl (C=O) groups is 1. The Hall–Kier alpha value is -3.17. The van der Waals surface area contributed by atoms with Crippen LogP contribution in [0.2, 0.25) is 0 Å². The van der Waals surface area contributed by atoms with Gasteiger partial charge in [-0.2, -0.15) is 5.26 Å². The molecule has 0 unspecified atom stereocenters. The maximum Gasteiger partial charge on any atom is 0.416 e. The van der Waals surface area contributed by atoms with Gasteiger partial charge in [-0.05, 0) is 24.1 Å². The molecule has 0 bridgehead atoms. The van der Waals surface area contributed by atoms with E-state index in [4.69, 9.17) is 10.00 Å². The average molecular weight is 361 g/mol. The van der Waals surface area contributed by atoms with Crippen LogP contribution in [0.4, 0.5) is 9.93 Å². The van der Waals surface area contributed by atoms with Crippen LogP contribution in [0, 0.1) is 11.3 Å². The van der Waals surface area contributed by atoms with Crippen LogP contribution in [0.5, 0.6) is 0 Å². The largest absolute Gasteiger partial charge is 0.447 e. The number of thiazole rings is 1. The van der Waals surface area contributed by atoms with Crippen LogP contribution in [0.25, 0.3) is 11.3 Å². The Kier molecular flexibility index (Phi) is 4.38. The number of hydrogen-bond donors (Lipinski definition) is 0. The van der Waals surface area contributed by atoms with Crippen LogP contribution in [0.1, 0.15) is 11.1 Å². The first-order valence-corrected chi connectivity index (χ1v) is 9.08. The number of hydrogen-bond acceptors (Lipinski definition) is 5. The minimum absolute atomic E-state index is 0.0649. The molecular weight excluding hydrogens is 346 g/mol. The van der Waals surface area contributed by atoms with E-state index in [1.165, 1.54) is 11.3 Å². The molecule has 0 saturated carbocycles. The number of anilines is 1. The van der Waals surface area contributed by atoms with E-state index < -0.39 is 0 Å². The van der Waals surface area contributed by atoms with Gasteiger partial charge >= 0.3 is 6.09 Å². The van der Waals surface area contributed by atoms with Crippen molar-refractivity contribution in [2.24, 2.45) is 0 Å². The number of cyclic esters (lactones) is 1. The predicted molar refractivity (Wildman–Crippen MR) is 100 cm³/mol. The van der Waals surface area contributed by atoms with Crippen molar-refractivity contribution in [2.45, 2.75) is 12.5 Å². The highest BCUT2D eigenvalue weighted by molar-refractivity contribution is 7.14. The molecule has 5 nitrogen and oxygen atoms in total. The highest BCUT2D eigenvalue weighted by Crippen LogP contribution is 2.32. The van der Waals surface area contributed by atoms with Gasteiger partial charge in [0.1, 0.15) is 6.61 Å². The first-order valence-electron chi connectivity index (χ1n) is 8.20. The quantitative estimate of drug-likeness (QED) is 0.697. The molecule has 0 spiro atoms. The Morgan fingerprint density at radius 2 is 1.96 bits per heavy atom. The summed E-state index contributed by atoms with van der Waals surface area (Å²) in [5, 5.41) is 11.5. The zero-order valence-corrected chi connectivity index (χ0v) is 14.6. The molecule has 1 atom stereocenters. The van der Waals surface area contributed by atoms with Gasteiger partial charge in [0.2, 0.25) is 0 Å². The molecule has 4 rings (SSSR count). The van der Waals surface area contributed by atoms with Crippen molar-refractivity contribution in [2.75, 3.05) is 11.5 Å². The summed E-state index contributed by atoms with van der Waals surface area (Å²) in [6.07, 6.45) is 0.366. The average Bonchev–Trinajstić information content (AvgIpc) is 3.29. The van der Waals surface area contributed by atoms with Crippen molar-refractivity contribution in [3.8, 4) is 17.3 Å². The van der Waals surface area contributed by atoms with E-state index in [-0.39, 0.29) is 12.1 Å². The molecule has 1 aromatic heterocycles. The molecule has 26 heavy (non-hydrogen) atoms. The van der Waals surface area contributed by atoms with E-state index in [0.29, 0.717) is 17.3 Å². The number of nitrogens with zero attached hydrogens (tertiary/aromatic N) is 3. The fourth-order valence-corrected chi connectivity index (χ4v) is 3.85. The monoisotopic (exact) mass is 361 g/mol. The number of nitriles is 1. The third-order valence-corrected chi connectivity index (χ3v) is 5.12. The van der Waals surface area contributed by atoms with Gasteiger partial charge in [0.15, 0.2) is 5.13 Å². The smallest absolute Gasteiger partial charge is 0.416 e. The van der Waals surface area contributed by atoms with Gasteiger partial charge in [0.25, 0.3) is 0 Å². The lowest BCUT2D eigenvalue weighted by Crippen LogP contribution is -2.34. The fourth-order valence-electron chi connectivity index (χ4n) is 2.95. The number of amides is 1. The Morgan fingerprint density at radius 1 is 1.19 bits per heavy atom. The maximum atomic E-state index is 12.2. The molecule has 128 valence electrons. The molecule has 6 heteroatoms. The van der Waals surface area contributed by atoms with Gasteiger partial charge in [-0.3, -0.25) is 0 Å². The molecule has 1 fully saturated rings. The van der Waals surface area contributed by atoms with Gasteiger partial charge in [0.05, 0.1) is 23.4 Å². The van der Waals surface area contributed by atoms with Crippen LogP contribution in [0.15, 0.2) is 60.0 Å². The zero-order chi connectivity index (χ0) is 17.9. The zero-order valence-electron chi connectivity index (χ0n) is 13.8. The van der Waals surface area contributed by atoms with Crippen LogP contribution in [0.3, 0.4) is 0 Å². The topological polar surface area (TPSA) is 66.2 Å². The normalized spacial score (nSPS) is 16.3. The Morgan fingerprint density at radius 3 is 2.69 bits per heavy atom. The number of rotatable bonds is 4. The molecule has 1 saturated heterocycles. The minimum Gasteiger partial charge on any atom is -0.447 e. The van der Waals surface area contributed by atoms with E-state index in [2.05, 4.69) is 11.1 Å². The second-order valence-electron chi connectivity index (χ2n) is 5.99. The van der Waals surface area contributed by atoms with E-state index in [9.17, 15) is 4.79 Å². The number of aromatic nitrogens is 1.